The lowest BCUT2D eigenvalue weighted by Gasteiger charge is -2.10. The molecule has 1 unspecified atom stereocenters. The van der Waals surface area contributed by atoms with E-state index >= 15 is 0 Å². The van der Waals surface area contributed by atoms with Crippen LogP contribution in [-0.4, -0.2) is 6.29 Å². The largest absolute Gasteiger partial charge is 0.302 e. The number of benzene rings is 2. The smallest absolute Gasteiger partial charge is 0.131 e. The molecule has 17 heavy (non-hydrogen) atoms. The van der Waals surface area contributed by atoms with Crippen molar-refractivity contribution in [2.45, 2.75) is 5.92 Å². The zero-order valence-electron chi connectivity index (χ0n) is 9.21. The molecule has 82 valence electrons. The maximum absolute atomic E-state index is 11.2. The van der Waals surface area contributed by atoms with Crippen LogP contribution in [0, 0.1) is 11.3 Å². The lowest BCUT2D eigenvalue weighted by atomic mass is 9.92. The number of rotatable bonds is 3. The van der Waals surface area contributed by atoms with Gasteiger partial charge in [-0.3, -0.25) is 0 Å². The first-order chi connectivity index (χ1) is 8.35. The van der Waals surface area contributed by atoms with Gasteiger partial charge in [-0.15, -0.1) is 0 Å². The monoisotopic (exact) mass is 221 g/mol. The average Bonchev–Trinajstić information content (AvgIpc) is 2.42. The Labute approximate surface area is 100 Å². The molecule has 0 saturated carbocycles. The van der Waals surface area contributed by atoms with E-state index in [9.17, 15) is 4.79 Å². The van der Waals surface area contributed by atoms with Gasteiger partial charge in [-0.25, -0.2) is 0 Å². The normalized spacial score (nSPS) is 11.5. The number of carbonyl (C=O) groups excluding carboxylic acids is 1. The Kier molecular flexibility index (Phi) is 3.32. The van der Waals surface area contributed by atoms with Gasteiger partial charge in [0.1, 0.15) is 6.29 Å². The summed E-state index contributed by atoms with van der Waals surface area (Å²) in [7, 11) is 0. The van der Waals surface area contributed by atoms with E-state index in [-0.39, 0.29) is 5.92 Å². The van der Waals surface area contributed by atoms with Gasteiger partial charge in [0.2, 0.25) is 0 Å². The van der Waals surface area contributed by atoms with Crippen LogP contribution in [0.5, 0.6) is 0 Å². The second-order valence-corrected chi connectivity index (χ2v) is 3.76. The van der Waals surface area contributed by atoms with E-state index in [1.165, 1.54) is 0 Å². The first-order valence-electron chi connectivity index (χ1n) is 5.35. The van der Waals surface area contributed by atoms with Crippen LogP contribution in [-0.2, 0) is 4.79 Å². The van der Waals surface area contributed by atoms with Crippen molar-refractivity contribution in [2.75, 3.05) is 0 Å². The predicted octanol–water partition coefficient (Wildman–Crippen LogP) is 2.89. The van der Waals surface area contributed by atoms with Crippen molar-refractivity contribution in [1.82, 2.24) is 0 Å². The van der Waals surface area contributed by atoms with Crippen LogP contribution in [0.2, 0.25) is 0 Å². The Balaban J connectivity index is 2.36. The van der Waals surface area contributed by atoms with E-state index in [0.29, 0.717) is 5.56 Å². The van der Waals surface area contributed by atoms with Gasteiger partial charge < -0.3 is 4.79 Å². The molecule has 0 aromatic heterocycles. The second kappa shape index (κ2) is 5.09. The van der Waals surface area contributed by atoms with Crippen molar-refractivity contribution in [3.63, 3.8) is 0 Å². The summed E-state index contributed by atoms with van der Waals surface area (Å²) in [6.45, 7) is 0. The minimum atomic E-state index is -0.260. The highest BCUT2D eigenvalue weighted by Crippen LogP contribution is 2.22. The third-order valence-electron chi connectivity index (χ3n) is 2.69. The lowest BCUT2D eigenvalue weighted by Crippen LogP contribution is -2.02. The van der Waals surface area contributed by atoms with Gasteiger partial charge in [-0.1, -0.05) is 42.5 Å². The topological polar surface area (TPSA) is 40.9 Å². The summed E-state index contributed by atoms with van der Waals surface area (Å²) in [5.74, 6) is -0.260. The van der Waals surface area contributed by atoms with Gasteiger partial charge in [-0.05, 0) is 23.3 Å². The van der Waals surface area contributed by atoms with Crippen molar-refractivity contribution in [1.29, 1.82) is 5.26 Å². The molecule has 2 heteroatoms. The molecule has 0 radical (unpaired) electrons. The van der Waals surface area contributed by atoms with Crippen LogP contribution in [0.1, 0.15) is 22.6 Å². The molecule has 0 bridgehead atoms. The molecule has 1 atom stereocenters. The molecule has 0 aliphatic heterocycles. The van der Waals surface area contributed by atoms with E-state index in [4.69, 9.17) is 5.26 Å². The van der Waals surface area contributed by atoms with Crippen molar-refractivity contribution < 1.29 is 4.79 Å². The second-order valence-electron chi connectivity index (χ2n) is 3.76. The van der Waals surface area contributed by atoms with Crippen LogP contribution >= 0.6 is 0 Å². The highest BCUT2D eigenvalue weighted by molar-refractivity contribution is 5.68. The van der Waals surface area contributed by atoms with Gasteiger partial charge in [0.15, 0.2) is 0 Å². The highest BCUT2D eigenvalue weighted by Gasteiger charge is 2.12. The molecule has 2 nitrogen and oxygen atoms in total. The number of nitriles is 1. The molecule has 0 aliphatic rings. The molecule has 2 rings (SSSR count). The zero-order valence-corrected chi connectivity index (χ0v) is 9.21. The zero-order chi connectivity index (χ0) is 12.1. The summed E-state index contributed by atoms with van der Waals surface area (Å²) in [6.07, 6.45) is 0.927. The Morgan fingerprint density at radius 2 is 1.53 bits per heavy atom. The Hall–Kier alpha value is -2.40. The van der Waals surface area contributed by atoms with E-state index in [1.54, 1.807) is 12.1 Å². The van der Waals surface area contributed by atoms with E-state index in [2.05, 4.69) is 6.07 Å². The summed E-state index contributed by atoms with van der Waals surface area (Å²) in [6, 6.07) is 18.8. The third-order valence-corrected chi connectivity index (χ3v) is 2.69. The molecule has 0 aliphatic carbocycles. The molecule has 0 fully saturated rings. The van der Waals surface area contributed by atoms with Crippen LogP contribution in [0.15, 0.2) is 54.6 Å². The molecular formula is C15H11NO. The molecule has 0 N–H and O–H groups in total. The minimum Gasteiger partial charge on any atom is -0.302 e. The summed E-state index contributed by atoms with van der Waals surface area (Å²) in [5.41, 5.74) is 2.48. The first-order valence-corrected chi connectivity index (χ1v) is 5.35. The summed E-state index contributed by atoms with van der Waals surface area (Å²) in [5, 5.41) is 8.72. The SMILES string of the molecule is N#Cc1ccc(C(C=O)c2ccccc2)cc1. The first kappa shape index (κ1) is 11.1. The van der Waals surface area contributed by atoms with Crippen LogP contribution in [0.3, 0.4) is 0 Å². The van der Waals surface area contributed by atoms with E-state index < -0.39 is 0 Å². The average molecular weight is 221 g/mol. The van der Waals surface area contributed by atoms with Crippen LogP contribution in [0.4, 0.5) is 0 Å². The van der Waals surface area contributed by atoms with Gasteiger partial charge >= 0.3 is 0 Å². The van der Waals surface area contributed by atoms with Gasteiger partial charge in [0.05, 0.1) is 17.6 Å². The number of nitrogens with zero attached hydrogens (tertiary/aromatic N) is 1. The number of hydrogen-bond acceptors (Lipinski definition) is 2. The predicted molar refractivity (Wildman–Crippen MR) is 65.5 cm³/mol. The fraction of sp³-hybridized carbons (Fsp3) is 0.0667. The summed E-state index contributed by atoms with van der Waals surface area (Å²) >= 11 is 0. The Bertz CT molecular complexity index is 537. The van der Waals surface area contributed by atoms with E-state index in [0.717, 1.165) is 17.4 Å². The summed E-state index contributed by atoms with van der Waals surface area (Å²) in [4.78, 5) is 11.2. The molecule has 0 amide bonds. The van der Waals surface area contributed by atoms with Crippen molar-refractivity contribution >= 4 is 6.29 Å². The maximum Gasteiger partial charge on any atom is 0.131 e. The van der Waals surface area contributed by atoms with E-state index in [1.807, 2.05) is 42.5 Å². The van der Waals surface area contributed by atoms with Crippen LogP contribution in [0.25, 0.3) is 0 Å². The van der Waals surface area contributed by atoms with Gasteiger partial charge in [-0.2, -0.15) is 5.26 Å². The van der Waals surface area contributed by atoms with Crippen LogP contribution < -0.4 is 0 Å². The van der Waals surface area contributed by atoms with Gasteiger partial charge in [0.25, 0.3) is 0 Å². The Morgan fingerprint density at radius 1 is 0.941 bits per heavy atom. The standard InChI is InChI=1S/C15H11NO/c16-10-12-6-8-14(9-7-12)15(11-17)13-4-2-1-3-5-13/h1-9,11,15H. The van der Waals surface area contributed by atoms with Crippen molar-refractivity contribution in [2.24, 2.45) is 0 Å². The highest BCUT2D eigenvalue weighted by atomic mass is 16.1. The Morgan fingerprint density at radius 3 is 2.06 bits per heavy atom. The van der Waals surface area contributed by atoms with Crippen molar-refractivity contribution in [3.8, 4) is 6.07 Å². The van der Waals surface area contributed by atoms with Crippen molar-refractivity contribution in [3.05, 3.63) is 71.3 Å². The maximum atomic E-state index is 11.2. The molecule has 0 spiro atoms. The fourth-order valence-corrected chi connectivity index (χ4v) is 1.77. The fourth-order valence-electron chi connectivity index (χ4n) is 1.77. The summed E-state index contributed by atoms with van der Waals surface area (Å²) < 4.78 is 0. The molecule has 2 aromatic carbocycles. The van der Waals surface area contributed by atoms with Gasteiger partial charge in [0, 0.05) is 0 Å². The minimum absolute atomic E-state index is 0.260. The molecule has 0 heterocycles. The molecule has 2 aromatic rings. The lowest BCUT2D eigenvalue weighted by molar-refractivity contribution is -0.108. The third kappa shape index (κ3) is 2.40. The quantitative estimate of drug-likeness (QED) is 0.748. The number of carbonyl (C=O) groups is 1. The molecule has 0 saturated heterocycles. The number of aldehydes is 1. The number of hydrogen-bond donors (Lipinski definition) is 0. The molecular weight excluding hydrogens is 210 g/mol.